The average Bonchev–Trinajstić information content (AvgIpc) is 2.15. The second-order valence-electron chi connectivity index (χ2n) is 5.30. The normalized spacial score (nSPS) is 26.5. The third-order valence-corrected chi connectivity index (χ3v) is 2.81. The van der Waals surface area contributed by atoms with Crippen LogP contribution in [-0.4, -0.2) is 30.8 Å². The highest BCUT2D eigenvalue weighted by Crippen LogP contribution is 2.23. The van der Waals surface area contributed by atoms with Crippen molar-refractivity contribution in [3.63, 3.8) is 0 Å². The molecular formula is C12H23NO3. The molecule has 1 fully saturated rings. The van der Waals surface area contributed by atoms with E-state index in [1.807, 2.05) is 13.8 Å². The van der Waals surface area contributed by atoms with E-state index in [0.29, 0.717) is 0 Å². The quantitative estimate of drug-likeness (QED) is 0.744. The molecular weight excluding hydrogens is 206 g/mol. The summed E-state index contributed by atoms with van der Waals surface area (Å²) < 4.78 is 10.7. The number of hydrogen-bond donors (Lipinski definition) is 1. The zero-order valence-electron chi connectivity index (χ0n) is 10.5. The second kappa shape index (κ2) is 5.64. The highest BCUT2D eigenvalue weighted by Gasteiger charge is 2.26. The fraction of sp³-hybridized carbons (Fsp3) is 0.917. The molecule has 94 valence electrons. The Labute approximate surface area is 97.5 Å². The highest BCUT2D eigenvalue weighted by molar-refractivity contribution is 5.70. The van der Waals surface area contributed by atoms with Gasteiger partial charge < -0.3 is 15.2 Å². The Morgan fingerprint density at radius 3 is 2.56 bits per heavy atom. The first-order valence-corrected chi connectivity index (χ1v) is 5.92. The zero-order valence-corrected chi connectivity index (χ0v) is 10.5. The Kier molecular flexibility index (Phi) is 4.74. The third-order valence-electron chi connectivity index (χ3n) is 2.81. The molecule has 1 saturated carbocycles. The SMILES string of the molecule is COC1CCCC(OC(=O)CC(C)(C)N)C1. The van der Waals surface area contributed by atoms with E-state index in [4.69, 9.17) is 15.2 Å². The van der Waals surface area contributed by atoms with Gasteiger partial charge in [0, 0.05) is 19.1 Å². The fourth-order valence-corrected chi connectivity index (χ4v) is 2.02. The van der Waals surface area contributed by atoms with Gasteiger partial charge in [-0.05, 0) is 33.1 Å². The first-order chi connectivity index (χ1) is 7.40. The van der Waals surface area contributed by atoms with Gasteiger partial charge in [-0.15, -0.1) is 0 Å². The first kappa shape index (κ1) is 13.5. The maximum atomic E-state index is 11.6. The summed E-state index contributed by atoms with van der Waals surface area (Å²) in [6.07, 6.45) is 4.38. The standard InChI is InChI=1S/C12H23NO3/c1-12(2,13)8-11(14)16-10-6-4-5-9(7-10)15-3/h9-10H,4-8,13H2,1-3H3. The first-order valence-electron chi connectivity index (χ1n) is 5.92. The second-order valence-corrected chi connectivity index (χ2v) is 5.30. The summed E-state index contributed by atoms with van der Waals surface area (Å²) in [4.78, 5) is 11.6. The van der Waals surface area contributed by atoms with Gasteiger partial charge in [0.15, 0.2) is 0 Å². The number of carbonyl (C=O) groups excluding carboxylic acids is 1. The van der Waals surface area contributed by atoms with Gasteiger partial charge in [-0.2, -0.15) is 0 Å². The number of ether oxygens (including phenoxy) is 2. The molecule has 0 aromatic rings. The smallest absolute Gasteiger partial charge is 0.307 e. The largest absolute Gasteiger partial charge is 0.462 e. The van der Waals surface area contributed by atoms with E-state index in [9.17, 15) is 4.79 Å². The fourth-order valence-electron chi connectivity index (χ4n) is 2.02. The van der Waals surface area contributed by atoms with E-state index >= 15 is 0 Å². The molecule has 0 radical (unpaired) electrons. The van der Waals surface area contributed by atoms with Crippen LogP contribution in [0.3, 0.4) is 0 Å². The van der Waals surface area contributed by atoms with Gasteiger partial charge >= 0.3 is 5.97 Å². The number of carbonyl (C=O) groups is 1. The molecule has 4 heteroatoms. The molecule has 0 spiro atoms. The van der Waals surface area contributed by atoms with Crippen LogP contribution < -0.4 is 5.73 Å². The molecule has 0 aliphatic heterocycles. The Morgan fingerprint density at radius 1 is 1.38 bits per heavy atom. The zero-order chi connectivity index (χ0) is 12.2. The van der Waals surface area contributed by atoms with Gasteiger partial charge in [-0.25, -0.2) is 0 Å². The Morgan fingerprint density at radius 2 is 2.00 bits per heavy atom. The number of nitrogens with two attached hydrogens (primary N) is 1. The molecule has 0 amide bonds. The lowest BCUT2D eigenvalue weighted by Crippen LogP contribution is -2.37. The van der Waals surface area contributed by atoms with E-state index in [0.717, 1.165) is 25.7 Å². The summed E-state index contributed by atoms with van der Waals surface area (Å²) in [7, 11) is 1.71. The van der Waals surface area contributed by atoms with Gasteiger partial charge in [0.05, 0.1) is 12.5 Å². The summed E-state index contributed by atoms with van der Waals surface area (Å²) in [5, 5.41) is 0. The number of rotatable bonds is 4. The predicted molar refractivity (Wildman–Crippen MR) is 62.0 cm³/mol. The molecule has 2 unspecified atom stereocenters. The van der Waals surface area contributed by atoms with Crippen molar-refractivity contribution in [3.05, 3.63) is 0 Å². The average molecular weight is 229 g/mol. The van der Waals surface area contributed by atoms with Crippen LogP contribution in [0.1, 0.15) is 46.0 Å². The summed E-state index contributed by atoms with van der Waals surface area (Å²) in [6.45, 7) is 3.65. The summed E-state index contributed by atoms with van der Waals surface area (Å²) in [5.41, 5.74) is 5.28. The van der Waals surface area contributed by atoms with Crippen molar-refractivity contribution in [1.29, 1.82) is 0 Å². The number of hydrogen-bond acceptors (Lipinski definition) is 4. The summed E-state index contributed by atoms with van der Waals surface area (Å²) >= 11 is 0. The minimum atomic E-state index is -0.494. The molecule has 4 nitrogen and oxygen atoms in total. The maximum absolute atomic E-state index is 11.6. The van der Waals surface area contributed by atoms with Crippen LogP contribution in [0.25, 0.3) is 0 Å². The van der Waals surface area contributed by atoms with E-state index in [2.05, 4.69) is 0 Å². The minimum Gasteiger partial charge on any atom is -0.462 e. The van der Waals surface area contributed by atoms with Crippen LogP contribution in [-0.2, 0) is 14.3 Å². The monoisotopic (exact) mass is 229 g/mol. The Balaban J connectivity index is 2.33. The lowest BCUT2D eigenvalue weighted by molar-refractivity contribution is -0.153. The van der Waals surface area contributed by atoms with Crippen molar-refractivity contribution in [1.82, 2.24) is 0 Å². The van der Waals surface area contributed by atoms with Gasteiger partial charge in [0.2, 0.25) is 0 Å². The highest BCUT2D eigenvalue weighted by atomic mass is 16.5. The minimum absolute atomic E-state index is 0.00792. The lowest BCUT2D eigenvalue weighted by Gasteiger charge is -2.28. The van der Waals surface area contributed by atoms with Crippen molar-refractivity contribution in [2.24, 2.45) is 5.73 Å². The van der Waals surface area contributed by atoms with E-state index in [1.165, 1.54) is 0 Å². The Hall–Kier alpha value is -0.610. The molecule has 0 bridgehead atoms. The number of methoxy groups -OCH3 is 1. The van der Waals surface area contributed by atoms with Gasteiger partial charge in [0.1, 0.15) is 6.10 Å². The molecule has 16 heavy (non-hydrogen) atoms. The van der Waals surface area contributed by atoms with Crippen LogP contribution >= 0.6 is 0 Å². The lowest BCUT2D eigenvalue weighted by atomic mass is 9.94. The van der Waals surface area contributed by atoms with Gasteiger partial charge in [-0.3, -0.25) is 4.79 Å². The van der Waals surface area contributed by atoms with E-state index in [-0.39, 0.29) is 24.6 Å². The van der Waals surface area contributed by atoms with Gasteiger partial charge in [-0.1, -0.05) is 0 Å². The molecule has 0 aromatic carbocycles. The third kappa shape index (κ3) is 4.94. The summed E-state index contributed by atoms with van der Waals surface area (Å²) in [6, 6.07) is 0. The molecule has 1 rings (SSSR count). The van der Waals surface area contributed by atoms with E-state index in [1.54, 1.807) is 7.11 Å². The van der Waals surface area contributed by atoms with Crippen LogP contribution in [0.5, 0.6) is 0 Å². The molecule has 1 aliphatic carbocycles. The summed E-state index contributed by atoms with van der Waals surface area (Å²) in [5.74, 6) is -0.200. The molecule has 0 heterocycles. The molecule has 2 atom stereocenters. The molecule has 1 aliphatic rings. The van der Waals surface area contributed by atoms with Crippen LogP contribution in [0.15, 0.2) is 0 Å². The Bertz CT molecular complexity index is 235. The molecule has 2 N–H and O–H groups in total. The van der Waals surface area contributed by atoms with Crippen LogP contribution in [0.4, 0.5) is 0 Å². The van der Waals surface area contributed by atoms with Crippen molar-refractivity contribution in [2.45, 2.75) is 63.7 Å². The molecule has 0 saturated heterocycles. The van der Waals surface area contributed by atoms with Crippen LogP contribution in [0, 0.1) is 0 Å². The van der Waals surface area contributed by atoms with E-state index < -0.39 is 5.54 Å². The molecule has 0 aromatic heterocycles. The van der Waals surface area contributed by atoms with Crippen molar-refractivity contribution in [2.75, 3.05) is 7.11 Å². The maximum Gasteiger partial charge on any atom is 0.307 e. The predicted octanol–water partition coefficient (Wildman–Crippen LogP) is 1.61. The van der Waals surface area contributed by atoms with Crippen molar-refractivity contribution >= 4 is 5.97 Å². The van der Waals surface area contributed by atoms with Crippen molar-refractivity contribution < 1.29 is 14.3 Å². The number of esters is 1. The van der Waals surface area contributed by atoms with Crippen LogP contribution in [0.2, 0.25) is 0 Å². The van der Waals surface area contributed by atoms with Gasteiger partial charge in [0.25, 0.3) is 0 Å². The van der Waals surface area contributed by atoms with Crippen molar-refractivity contribution in [3.8, 4) is 0 Å². The topological polar surface area (TPSA) is 61.5 Å².